The van der Waals surface area contributed by atoms with Crippen LogP contribution in [0.4, 0.5) is 0 Å². The van der Waals surface area contributed by atoms with Crippen LogP contribution < -0.4 is 0 Å². The van der Waals surface area contributed by atoms with Gasteiger partial charge in [0.2, 0.25) is 0 Å². The van der Waals surface area contributed by atoms with Crippen molar-refractivity contribution < 1.29 is 9.53 Å². The molecule has 1 aromatic carbocycles. The van der Waals surface area contributed by atoms with Crippen molar-refractivity contribution in [2.24, 2.45) is 0 Å². The Bertz CT molecular complexity index is 417. The number of thioether (sulfide) groups is 1. The van der Waals surface area contributed by atoms with Gasteiger partial charge in [0.05, 0.1) is 18.8 Å². The predicted molar refractivity (Wildman–Crippen MR) is 78.6 cm³/mol. The number of rotatable bonds is 5. The fourth-order valence-corrected chi connectivity index (χ4v) is 3.40. The lowest BCUT2D eigenvalue weighted by Gasteiger charge is -2.41. The van der Waals surface area contributed by atoms with E-state index < -0.39 is 5.54 Å². The standard InChI is InChI=1S/C15H21NO2S/c1-13(17)15(2,16-8-10-18-11-9-16)12-19-14-6-4-3-5-7-14/h3-7H,8-12H2,1-2H3. The first kappa shape index (κ1) is 14.6. The number of hydrogen-bond acceptors (Lipinski definition) is 4. The third-order valence-electron chi connectivity index (χ3n) is 3.73. The van der Waals surface area contributed by atoms with E-state index >= 15 is 0 Å². The zero-order chi connectivity index (χ0) is 13.7. The molecular weight excluding hydrogens is 258 g/mol. The molecule has 1 aromatic rings. The van der Waals surface area contributed by atoms with Crippen LogP contribution in [0.5, 0.6) is 0 Å². The highest BCUT2D eigenvalue weighted by atomic mass is 32.2. The Kier molecular flexibility index (Phi) is 5.02. The summed E-state index contributed by atoms with van der Waals surface area (Å²) in [7, 11) is 0. The molecule has 1 saturated heterocycles. The van der Waals surface area contributed by atoms with Crippen LogP contribution >= 0.6 is 11.8 Å². The van der Waals surface area contributed by atoms with Gasteiger partial charge in [-0.15, -0.1) is 11.8 Å². The molecule has 0 amide bonds. The Morgan fingerprint density at radius 2 is 1.95 bits per heavy atom. The quantitative estimate of drug-likeness (QED) is 0.774. The second kappa shape index (κ2) is 6.55. The zero-order valence-corrected chi connectivity index (χ0v) is 12.4. The van der Waals surface area contributed by atoms with E-state index in [4.69, 9.17) is 4.74 Å². The number of benzene rings is 1. The summed E-state index contributed by atoms with van der Waals surface area (Å²) in [5, 5.41) is 0. The number of carbonyl (C=O) groups excluding carboxylic acids is 1. The molecule has 1 unspecified atom stereocenters. The summed E-state index contributed by atoms with van der Waals surface area (Å²) in [6, 6.07) is 10.2. The van der Waals surface area contributed by atoms with Gasteiger partial charge in [0.25, 0.3) is 0 Å². The van der Waals surface area contributed by atoms with Crippen LogP contribution in [0.2, 0.25) is 0 Å². The molecule has 0 spiro atoms. The average molecular weight is 279 g/mol. The van der Waals surface area contributed by atoms with Gasteiger partial charge in [-0.3, -0.25) is 9.69 Å². The van der Waals surface area contributed by atoms with Gasteiger partial charge in [0.1, 0.15) is 0 Å². The average Bonchev–Trinajstić information content (AvgIpc) is 2.46. The van der Waals surface area contributed by atoms with E-state index in [1.165, 1.54) is 4.90 Å². The van der Waals surface area contributed by atoms with Crippen LogP contribution in [0.3, 0.4) is 0 Å². The monoisotopic (exact) mass is 279 g/mol. The van der Waals surface area contributed by atoms with Crippen molar-refractivity contribution in [3.05, 3.63) is 30.3 Å². The summed E-state index contributed by atoms with van der Waals surface area (Å²) in [6.45, 7) is 6.87. The Morgan fingerprint density at radius 3 is 2.53 bits per heavy atom. The fraction of sp³-hybridized carbons (Fsp3) is 0.533. The number of ether oxygens (including phenoxy) is 1. The van der Waals surface area contributed by atoms with Crippen LogP contribution in [-0.2, 0) is 9.53 Å². The van der Waals surface area contributed by atoms with Crippen LogP contribution in [-0.4, -0.2) is 48.3 Å². The highest BCUT2D eigenvalue weighted by Crippen LogP contribution is 2.27. The molecule has 0 bridgehead atoms. The molecular formula is C15H21NO2S. The van der Waals surface area contributed by atoms with E-state index in [0.29, 0.717) is 0 Å². The molecule has 104 valence electrons. The van der Waals surface area contributed by atoms with E-state index in [9.17, 15) is 4.79 Å². The molecule has 0 aromatic heterocycles. The van der Waals surface area contributed by atoms with Crippen molar-refractivity contribution >= 4 is 17.5 Å². The highest BCUT2D eigenvalue weighted by molar-refractivity contribution is 7.99. The van der Waals surface area contributed by atoms with Crippen molar-refractivity contribution in [3.8, 4) is 0 Å². The number of nitrogens with zero attached hydrogens (tertiary/aromatic N) is 1. The summed E-state index contributed by atoms with van der Waals surface area (Å²) >= 11 is 1.75. The molecule has 1 aliphatic heterocycles. The topological polar surface area (TPSA) is 29.5 Å². The molecule has 1 aliphatic rings. The predicted octanol–water partition coefficient (Wildman–Crippen LogP) is 2.46. The summed E-state index contributed by atoms with van der Waals surface area (Å²) in [5.74, 6) is 1.02. The minimum absolute atomic E-state index is 0.234. The van der Waals surface area contributed by atoms with Gasteiger partial charge in [0, 0.05) is 23.7 Å². The lowest BCUT2D eigenvalue weighted by Crippen LogP contribution is -2.57. The van der Waals surface area contributed by atoms with Crippen molar-refractivity contribution in [3.63, 3.8) is 0 Å². The third-order valence-corrected chi connectivity index (χ3v) is 5.04. The Labute approximate surface area is 119 Å². The van der Waals surface area contributed by atoms with Crippen molar-refractivity contribution in [2.75, 3.05) is 32.1 Å². The lowest BCUT2D eigenvalue weighted by atomic mass is 9.97. The van der Waals surface area contributed by atoms with E-state index in [0.717, 1.165) is 32.1 Å². The number of carbonyl (C=O) groups is 1. The highest BCUT2D eigenvalue weighted by Gasteiger charge is 2.37. The first-order valence-electron chi connectivity index (χ1n) is 6.64. The minimum Gasteiger partial charge on any atom is -0.379 e. The Morgan fingerprint density at radius 1 is 1.32 bits per heavy atom. The van der Waals surface area contributed by atoms with Gasteiger partial charge in [-0.25, -0.2) is 0 Å². The Hall–Kier alpha value is -0.840. The van der Waals surface area contributed by atoms with Crippen LogP contribution in [0, 0.1) is 0 Å². The van der Waals surface area contributed by atoms with Crippen molar-refractivity contribution in [2.45, 2.75) is 24.3 Å². The summed E-state index contributed by atoms with van der Waals surface area (Å²) in [4.78, 5) is 15.6. The van der Waals surface area contributed by atoms with Crippen molar-refractivity contribution in [1.29, 1.82) is 0 Å². The maximum Gasteiger partial charge on any atom is 0.150 e. The van der Waals surface area contributed by atoms with Crippen molar-refractivity contribution in [1.82, 2.24) is 4.90 Å². The van der Waals surface area contributed by atoms with Crippen LogP contribution in [0.25, 0.3) is 0 Å². The maximum atomic E-state index is 12.1. The Balaban J connectivity index is 2.04. The van der Waals surface area contributed by atoms with Crippen LogP contribution in [0.1, 0.15) is 13.8 Å². The third kappa shape index (κ3) is 3.59. The van der Waals surface area contributed by atoms with E-state index in [1.807, 2.05) is 18.2 Å². The van der Waals surface area contributed by atoms with Gasteiger partial charge >= 0.3 is 0 Å². The van der Waals surface area contributed by atoms with Gasteiger partial charge < -0.3 is 4.74 Å². The molecule has 0 aliphatic carbocycles. The molecule has 1 atom stereocenters. The molecule has 19 heavy (non-hydrogen) atoms. The first-order valence-corrected chi connectivity index (χ1v) is 7.63. The second-order valence-electron chi connectivity index (χ2n) is 5.03. The van der Waals surface area contributed by atoms with Gasteiger partial charge in [0.15, 0.2) is 5.78 Å². The lowest BCUT2D eigenvalue weighted by molar-refractivity contribution is -0.129. The molecule has 3 nitrogen and oxygen atoms in total. The van der Waals surface area contributed by atoms with Gasteiger partial charge in [-0.2, -0.15) is 0 Å². The minimum atomic E-state index is -0.399. The second-order valence-corrected chi connectivity index (χ2v) is 6.08. The zero-order valence-electron chi connectivity index (χ0n) is 11.6. The number of ketones is 1. The SMILES string of the molecule is CC(=O)C(C)(CSc1ccccc1)N1CCOCC1. The largest absolute Gasteiger partial charge is 0.379 e. The van der Waals surface area contributed by atoms with Gasteiger partial charge in [-0.1, -0.05) is 18.2 Å². The van der Waals surface area contributed by atoms with Crippen LogP contribution in [0.15, 0.2) is 35.2 Å². The molecule has 4 heteroatoms. The molecule has 2 rings (SSSR count). The summed E-state index contributed by atoms with van der Waals surface area (Å²) in [5.41, 5.74) is -0.399. The smallest absolute Gasteiger partial charge is 0.150 e. The van der Waals surface area contributed by atoms with E-state index in [-0.39, 0.29) is 5.78 Å². The number of Topliss-reactive ketones (excluding diaryl/α,β-unsaturated/α-hetero) is 1. The molecule has 0 radical (unpaired) electrons. The summed E-state index contributed by atoms with van der Waals surface area (Å²) in [6.07, 6.45) is 0. The van der Waals surface area contributed by atoms with Gasteiger partial charge in [-0.05, 0) is 26.0 Å². The fourth-order valence-electron chi connectivity index (χ4n) is 2.21. The first-order chi connectivity index (χ1) is 9.13. The number of morpholine rings is 1. The molecule has 0 saturated carbocycles. The molecule has 0 N–H and O–H groups in total. The molecule has 1 heterocycles. The maximum absolute atomic E-state index is 12.1. The van der Waals surface area contributed by atoms with E-state index in [2.05, 4.69) is 24.0 Å². The number of hydrogen-bond donors (Lipinski definition) is 0. The van der Waals surface area contributed by atoms with E-state index in [1.54, 1.807) is 18.7 Å². The molecule has 1 fully saturated rings. The summed E-state index contributed by atoms with van der Waals surface area (Å²) < 4.78 is 5.38. The normalized spacial score (nSPS) is 19.9.